The summed E-state index contributed by atoms with van der Waals surface area (Å²) in [6.07, 6.45) is 4.53. The van der Waals surface area contributed by atoms with E-state index in [0.717, 1.165) is 43.6 Å². The summed E-state index contributed by atoms with van der Waals surface area (Å²) in [4.78, 5) is 21.6. The first kappa shape index (κ1) is 17.3. The molecule has 9 nitrogen and oxygen atoms in total. The molecule has 0 radical (unpaired) electrons. The van der Waals surface area contributed by atoms with Crippen LogP contribution in [0.5, 0.6) is 0 Å². The van der Waals surface area contributed by atoms with Crippen molar-refractivity contribution in [1.29, 1.82) is 0 Å². The van der Waals surface area contributed by atoms with Gasteiger partial charge in [0.25, 0.3) is 0 Å². The lowest BCUT2D eigenvalue weighted by atomic mass is 10.1. The third-order valence-corrected chi connectivity index (χ3v) is 4.95. The summed E-state index contributed by atoms with van der Waals surface area (Å²) < 4.78 is 3.85. The van der Waals surface area contributed by atoms with Crippen molar-refractivity contribution in [3.05, 3.63) is 46.1 Å². The van der Waals surface area contributed by atoms with Gasteiger partial charge >= 0.3 is 5.69 Å². The molecule has 0 bridgehead atoms. The lowest BCUT2D eigenvalue weighted by molar-refractivity contribution is -0.383. The quantitative estimate of drug-likeness (QED) is 0.525. The van der Waals surface area contributed by atoms with E-state index in [-0.39, 0.29) is 11.5 Å². The van der Waals surface area contributed by atoms with E-state index in [9.17, 15) is 10.1 Å². The number of nitrogens with zero attached hydrogens (tertiary/aromatic N) is 6. The molecule has 1 saturated heterocycles. The second-order valence-electron chi connectivity index (χ2n) is 6.19. The van der Waals surface area contributed by atoms with Gasteiger partial charge in [-0.25, -0.2) is 9.97 Å². The van der Waals surface area contributed by atoms with E-state index in [1.54, 1.807) is 0 Å². The van der Waals surface area contributed by atoms with Crippen LogP contribution in [0.15, 0.2) is 36.0 Å². The second kappa shape index (κ2) is 7.62. The molecule has 138 valence electrons. The molecule has 0 saturated carbocycles. The van der Waals surface area contributed by atoms with Crippen molar-refractivity contribution in [3.63, 3.8) is 0 Å². The third-order valence-electron chi connectivity index (χ3n) is 4.44. The Morgan fingerprint density at radius 2 is 1.89 bits per heavy atom. The van der Waals surface area contributed by atoms with Crippen LogP contribution in [0.1, 0.15) is 19.3 Å². The Bertz CT molecular complexity index is 925. The van der Waals surface area contributed by atoms with Gasteiger partial charge in [-0.15, -0.1) is 5.10 Å². The highest BCUT2D eigenvalue weighted by atomic mass is 32.1. The number of nitro groups is 1. The van der Waals surface area contributed by atoms with Crippen LogP contribution in [0.2, 0.25) is 0 Å². The summed E-state index contributed by atoms with van der Waals surface area (Å²) in [5.41, 5.74) is 2.34. The van der Waals surface area contributed by atoms with E-state index in [1.807, 2.05) is 34.5 Å². The SMILES string of the molecule is O=[N+]([O-])c1c(Nc2ccc(-c3csnn3)cc2)ncnc1N1CCCCC1. The van der Waals surface area contributed by atoms with Crippen LogP contribution < -0.4 is 10.2 Å². The molecule has 0 unspecified atom stereocenters. The summed E-state index contributed by atoms with van der Waals surface area (Å²) in [5, 5.41) is 20.7. The minimum Gasteiger partial charge on any atom is -0.351 e. The fraction of sp³-hybridized carbons (Fsp3) is 0.294. The van der Waals surface area contributed by atoms with E-state index in [1.165, 1.54) is 17.9 Å². The molecular formula is C17H17N7O2S. The second-order valence-corrected chi connectivity index (χ2v) is 6.80. The van der Waals surface area contributed by atoms with Crippen LogP contribution in [0.25, 0.3) is 11.3 Å². The van der Waals surface area contributed by atoms with E-state index in [2.05, 4.69) is 24.9 Å². The van der Waals surface area contributed by atoms with Crippen LogP contribution in [-0.4, -0.2) is 37.6 Å². The average Bonchev–Trinajstić information content (AvgIpc) is 3.24. The first-order chi connectivity index (χ1) is 13.2. The van der Waals surface area contributed by atoms with Gasteiger partial charge in [0.2, 0.25) is 11.6 Å². The number of anilines is 3. The molecule has 0 spiro atoms. The number of nitrogens with one attached hydrogen (secondary N) is 1. The predicted octanol–water partition coefficient (Wildman–Crippen LogP) is 3.64. The zero-order valence-corrected chi connectivity index (χ0v) is 15.2. The number of hydrogen-bond acceptors (Lipinski definition) is 9. The number of aromatic nitrogens is 4. The molecule has 1 aliphatic rings. The summed E-state index contributed by atoms with van der Waals surface area (Å²) >= 11 is 1.29. The molecule has 1 fully saturated rings. The summed E-state index contributed by atoms with van der Waals surface area (Å²) in [6.45, 7) is 1.54. The predicted molar refractivity (Wildman–Crippen MR) is 103 cm³/mol. The Balaban J connectivity index is 1.62. The van der Waals surface area contributed by atoms with Crippen molar-refractivity contribution >= 4 is 34.5 Å². The van der Waals surface area contributed by atoms with E-state index in [0.29, 0.717) is 11.5 Å². The lowest BCUT2D eigenvalue weighted by Crippen LogP contribution is -2.31. The van der Waals surface area contributed by atoms with Gasteiger partial charge in [-0.1, -0.05) is 16.6 Å². The van der Waals surface area contributed by atoms with Gasteiger partial charge in [-0.2, -0.15) is 0 Å². The molecule has 3 heterocycles. The molecule has 1 aliphatic heterocycles. The zero-order valence-electron chi connectivity index (χ0n) is 14.4. The number of benzene rings is 1. The van der Waals surface area contributed by atoms with E-state index >= 15 is 0 Å². The highest BCUT2D eigenvalue weighted by Crippen LogP contribution is 2.35. The van der Waals surface area contributed by atoms with Crippen LogP contribution in [0.4, 0.5) is 23.0 Å². The Kier molecular flexibility index (Phi) is 4.88. The van der Waals surface area contributed by atoms with Crippen molar-refractivity contribution in [2.45, 2.75) is 19.3 Å². The smallest absolute Gasteiger partial charge is 0.351 e. The molecular weight excluding hydrogens is 366 g/mol. The van der Waals surface area contributed by atoms with Gasteiger partial charge in [-0.3, -0.25) is 10.1 Å². The minimum absolute atomic E-state index is 0.0906. The van der Waals surface area contributed by atoms with Crippen molar-refractivity contribution in [1.82, 2.24) is 19.6 Å². The standard InChI is InChI=1S/C17H17N7O2S/c25-24(26)15-16(18-11-19-17(15)23-8-2-1-3-9-23)20-13-6-4-12(5-7-13)14-10-27-22-21-14/h4-7,10-11H,1-3,8-9H2,(H,18,19,20). The van der Waals surface area contributed by atoms with E-state index < -0.39 is 4.92 Å². The monoisotopic (exact) mass is 383 g/mol. The zero-order chi connectivity index (χ0) is 18.6. The number of piperidine rings is 1. The van der Waals surface area contributed by atoms with Crippen LogP contribution >= 0.6 is 11.5 Å². The van der Waals surface area contributed by atoms with Crippen molar-refractivity contribution < 1.29 is 4.92 Å². The first-order valence-electron chi connectivity index (χ1n) is 8.61. The molecule has 0 atom stereocenters. The van der Waals surface area contributed by atoms with Gasteiger partial charge in [-0.05, 0) is 42.9 Å². The first-order valence-corrected chi connectivity index (χ1v) is 9.45. The topological polar surface area (TPSA) is 110 Å². The molecule has 4 rings (SSSR count). The molecule has 0 aliphatic carbocycles. The summed E-state index contributed by atoms with van der Waals surface area (Å²) in [7, 11) is 0. The maximum absolute atomic E-state index is 11.7. The Labute approximate surface area is 159 Å². The maximum Gasteiger partial charge on any atom is 0.353 e. The van der Waals surface area contributed by atoms with Gasteiger partial charge in [0.1, 0.15) is 12.0 Å². The molecule has 0 amide bonds. The van der Waals surface area contributed by atoms with Crippen LogP contribution in [0.3, 0.4) is 0 Å². The Hall–Kier alpha value is -3.14. The fourth-order valence-electron chi connectivity index (χ4n) is 3.12. The number of hydrogen-bond donors (Lipinski definition) is 1. The Morgan fingerprint density at radius 3 is 2.56 bits per heavy atom. The van der Waals surface area contributed by atoms with Gasteiger partial charge in [0.05, 0.1) is 4.92 Å². The van der Waals surface area contributed by atoms with E-state index in [4.69, 9.17) is 0 Å². The molecule has 1 N–H and O–H groups in total. The lowest BCUT2D eigenvalue weighted by Gasteiger charge is -2.27. The van der Waals surface area contributed by atoms with Crippen LogP contribution in [0, 0.1) is 10.1 Å². The van der Waals surface area contributed by atoms with Gasteiger partial charge < -0.3 is 10.2 Å². The van der Waals surface area contributed by atoms with Crippen molar-refractivity contribution in [2.75, 3.05) is 23.3 Å². The average molecular weight is 383 g/mol. The largest absolute Gasteiger partial charge is 0.353 e. The number of rotatable bonds is 5. The van der Waals surface area contributed by atoms with Crippen molar-refractivity contribution in [3.8, 4) is 11.3 Å². The minimum atomic E-state index is -0.415. The highest BCUT2D eigenvalue weighted by molar-refractivity contribution is 7.03. The normalized spacial score (nSPS) is 14.1. The summed E-state index contributed by atoms with van der Waals surface area (Å²) in [5.74, 6) is 0.570. The van der Waals surface area contributed by atoms with Gasteiger partial charge in [0, 0.05) is 29.7 Å². The molecule has 3 aromatic rings. The van der Waals surface area contributed by atoms with Crippen LogP contribution in [-0.2, 0) is 0 Å². The molecule has 10 heteroatoms. The van der Waals surface area contributed by atoms with Gasteiger partial charge in [0.15, 0.2) is 0 Å². The Morgan fingerprint density at radius 1 is 1.11 bits per heavy atom. The molecule has 27 heavy (non-hydrogen) atoms. The molecule has 1 aromatic carbocycles. The third kappa shape index (κ3) is 3.70. The molecule has 2 aromatic heterocycles. The highest BCUT2D eigenvalue weighted by Gasteiger charge is 2.27. The summed E-state index contributed by atoms with van der Waals surface area (Å²) in [6, 6.07) is 7.44. The fourth-order valence-corrected chi connectivity index (χ4v) is 3.58. The van der Waals surface area contributed by atoms with Crippen molar-refractivity contribution in [2.24, 2.45) is 0 Å². The maximum atomic E-state index is 11.7.